The minimum absolute atomic E-state index is 0.0846. The number of aromatic hydroxyl groups is 1. The third kappa shape index (κ3) is 3.76. The van der Waals surface area contributed by atoms with Gasteiger partial charge in [-0.1, -0.05) is 12.1 Å². The first-order valence-corrected chi connectivity index (χ1v) is 8.38. The molecule has 2 rings (SSSR count). The molecule has 24 heavy (non-hydrogen) atoms. The smallest absolute Gasteiger partial charge is 0.466 e. The molecule has 1 fully saturated rings. The zero-order valence-corrected chi connectivity index (χ0v) is 15.4. The Hall–Kier alpha value is -1.53. The lowest BCUT2D eigenvalue weighted by Crippen LogP contribution is -2.41. The highest BCUT2D eigenvalue weighted by Crippen LogP contribution is 2.43. The molecule has 6 heteroatoms. The number of phenolic OH excluding ortho intramolecular Hbond substituents is 1. The topological polar surface area (TPSA) is 65.0 Å². The number of phenols is 1. The second kappa shape index (κ2) is 6.77. The van der Waals surface area contributed by atoms with E-state index in [-0.39, 0.29) is 18.1 Å². The fraction of sp³-hybridized carbons (Fsp3) is 0.611. The summed E-state index contributed by atoms with van der Waals surface area (Å²) in [6, 6.07) is 5.40. The Balaban J connectivity index is 2.35. The van der Waals surface area contributed by atoms with E-state index in [1.165, 1.54) is 0 Å². The van der Waals surface area contributed by atoms with Crippen molar-refractivity contribution < 1.29 is 23.9 Å². The number of hydrogen-bond donors (Lipinski definition) is 1. The Labute approximate surface area is 144 Å². The van der Waals surface area contributed by atoms with Gasteiger partial charge in [-0.05, 0) is 58.7 Å². The van der Waals surface area contributed by atoms with E-state index in [0.717, 1.165) is 5.56 Å². The van der Waals surface area contributed by atoms with Gasteiger partial charge in [-0.15, -0.1) is 0 Å². The van der Waals surface area contributed by atoms with E-state index in [9.17, 15) is 9.90 Å². The number of ether oxygens (including phenoxy) is 1. The second-order valence-electron chi connectivity index (χ2n) is 7.30. The van der Waals surface area contributed by atoms with Crippen molar-refractivity contribution in [1.82, 2.24) is 0 Å². The van der Waals surface area contributed by atoms with Gasteiger partial charge in [0.2, 0.25) is 0 Å². The Kier molecular flexibility index (Phi) is 5.30. The van der Waals surface area contributed by atoms with E-state index >= 15 is 0 Å². The van der Waals surface area contributed by atoms with Crippen molar-refractivity contribution >= 4 is 13.1 Å². The molecule has 1 saturated heterocycles. The summed E-state index contributed by atoms with van der Waals surface area (Å²) in [6.07, 6.45) is 0.0846. The zero-order valence-electron chi connectivity index (χ0n) is 15.4. The molecule has 1 aromatic rings. The van der Waals surface area contributed by atoms with Crippen molar-refractivity contribution in [3.63, 3.8) is 0 Å². The Morgan fingerprint density at radius 1 is 1.25 bits per heavy atom. The number of carbonyl (C=O) groups is 1. The Bertz CT molecular complexity index is 595. The van der Waals surface area contributed by atoms with Crippen LogP contribution in [0.3, 0.4) is 0 Å². The third-order valence-corrected chi connectivity index (χ3v) is 4.88. The fourth-order valence-corrected chi connectivity index (χ4v) is 2.77. The monoisotopic (exact) mass is 334 g/mol. The molecular weight excluding hydrogens is 307 g/mol. The summed E-state index contributed by atoms with van der Waals surface area (Å²) in [6.45, 7) is 11.8. The number of hydrogen-bond acceptors (Lipinski definition) is 5. The van der Waals surface area contributed by atoms with Gasteiger partial charge in [0.1, 0.15) is 5.75 Å². The number of carbonyl (C=O) groups excluding carboxylic acids is 1. The summed E-state index contributed by atoms with van der Waals surface area (Å²) in [4.78, 5) is 12.1. The molecule has 132 valence electrons. The molecule has 0 radical (unpaired) electrons. The maximum atomic E-state index is 12.1. The summed E-state index contributed by atoms with van der Waals surface area (Å²) in [5.41, 5.74) is 0.558. The van der Waals surface area contributed by atoms with Crippen LogP contribution < -0.4 is 0 Å². The molecule has 0 bridgehead atoms. The van der Waals surface area contributed by atoms with E-state index in [1.807, 2.05) is 46.8 Å². The molecular formula is C18H27BO5. The van der Waals surface area contributed by atoms with Crippen LogP contribution in [0.4, 0.5) is 0 Å². The number of rotatable bonds is 5. The SMILES string of the molecule is CCOC(=O)CC(B1OC(C)(C)C(C)(C)O1)c1ccc(C)cc1O. The lowest BCUT2D eigenvalue weighted by atomic mass is 9.66. The number of benzene rings is 1. The van der Waals surface area contributed by atoms with Gasteiger partial charge in [0, 0.05) is 5.82 Å². The summed E-state index contributed by atoms with van der Waals surface area (Å²) in [5.74, 6) is -0.637. The number of esters is 1. The van der Waals surface area contributed by atoms with Crippen LogP contribution >= 0.6 is 0 Å². The van der Waals surface area contributed by atoms with E-state index in [0.29, 0.717) is 12.2 Å². The summed E-state index contributed by atoms with van der Waals surface area (Å²) < 4.78 is 17.3. The van der Waals surface area contributed by atoms with E-state index < -0.39 is 24.1 Å². The lowest BCUT2D eigenvalue weighted by Gasteiger charge is -2.32. The summed E-state index contributed by atoms with van der Waals surface area (Å²) in [7, 11) is -0.631. The van der Waals surface area contributed by atoms with Gasteiger partial charge in [0.15, 0.2) is 0 Å². The molecule has 1 aliphatic rings. The quantitative estimate of drug-likeness (QED) is 0.661. The number of aryl methyl sites for hydroxylation is 1. The van der Waals surface area contributed by atoms with Crippen LogP contribution in [0.1, 0.15) is 58.0 Å². The molecule has 0 aromatic heterocycles. The molecule has 1 N–H and O–H groups in total. The molecule has 1 aliphatic heterocycles. The molecule has 1 heterocycles. The molecule has 0 spiro atoms. The molecule has 0 aliphatic carbocycles. The maximum absolute atomic E-state index is 12.1. The van der Waals surface area contributed by atoms with Gasteiger partial charge in [0.25, 0.3) is 0 Å². The summed E-state index contributed by atoms with van der Waals surface area (Å²) in [5, 5.41) is 10.4. The van der Waals surface area contributed by atoms with Gasteiger partial charge in [-0.25, -0.2) is 0 Å². The predicted molar refractivity (Wildman–Crippen MR) is 92.9 cm³/mol. The van der Waals surface area contributed by atoms with Crippen molar-refractivity contribution in [1.29, 1.82) is 0 Å². The van der Waals surface area contributed by atoms with Crippen molar-refractivity contribution in [2.45, 2.75) is 65.0 Å². The third-order valence-electron chi connectivity index (χ3n) is 4.88. The fourth-order valence-electron chi connectivity index (χ4n) is 2.77. The highest BCUT2D eigenvalue weighted by molar-refractivity contribution is 6.48. The van der Waals surface area contributed by atoms with E-state index in [1.54, 1.807) is 13.0 Å². The van der Waals surface area contributed by atoms with Crippen LogP contribution in [0.5, 0.6) is 5.75 Å². The Morgan fingerprint density at radius 2 is 1.83 bits per heavy atom. The van der Waals surface area contributed by atoms with Crippen LogP contribution in [0.2, 0.25) is 0 Å². The van der Waals surface area contributed by atoms with Crippen LogP contribution in [0, 0.1) is 6.92 Å². The minimum Gasteiger partial charge on any atom is -0.508 e. The maximum Gasteiger partial charge on any atom is 0.466 e. The van der Waals surface area contributed by atoms with E-state index in [4.69, 9.17) is 14.0 Å². The van der Waals surface area contributed by atoms with Gasteiger partial charge < -0.3 is 19.2 Å². The molecule has 0 amide bonds. The van der Waals surface area contributed by atoms with Gasteiger partial charge >= 0.3 is 13.1 Å². The van der Waals surface area contributed by atoms with Crippen LogP contribution in [-0.2, 0) is 18.8 Å². The Morgan fingerprint density at radius 3 is 2.33 bits per heavy atom. The van der Waals surface area contributed by atoms with Crippen molar-refractivity contribution in [3.8, 4) is 5.75 Å². The normalized spacial score (nSPS) is 20.0. The summed E-state index contributed by atoms with van der Waals surface area (Å²) >= 11 is 0. The molecule has 0 saturated carbocycles. The second-order valence-corrected chi connectivity index (χ2v) is 7.30. The van der Waals surface area contributed by atoms with Gasteiger partial charge in [-0.3, -0.25) is 4.79 Å². The van der Waals surface area contributed by atoms with Gasteiger partial charge in [-0.2, -0.15) is 0 Å². The zero-order chi connectivity index (χ0) is 18.1. The first kappa shape index (κ1) is 18.8. The molecule has 1 atom stereocenters. The van der Waals surface area contributed by atoms with Crippen LogP contribution in [0.15, 0.2) is 18.2 Å². The molecule has 5 nitrogen and oxygen atoms in total. The minimum atomic E-state index is -0.631. The largest absolute Gasteiger partial charge is 0.508 e. The predicted octanol–water partition coefficient (Wildman–Crippen LogP) is 3.37. The average molecular weight is 334 g/mol. The average Bonchev–Trinajstić information content (AvgIpc) is 2.65. The molecule has 1 aromatic carbocycles. The first-order chi connectivity index (χ1) is 11.1. The van der Waals surface area contributed by atoms with Gasteiger partial charge in [0.05, 0.1) is 24.2 Å². The van der Waals surface area contributed by atoms with Crippen molar-refractivity contribution in [2.24, 2.45) is 0 Å². The molecule has 1 unspecified atom stereocenters. The highest BCUT2D eigenvalue weighted by atomic mass is 16.7. The highest BCUT2D eigenvalue weighted by Gasteiger charge is 2.54. The first-order valence-electron chi connectivity index (χ1n) is 8.38. The van der Waals surface area contributed by atoms with Crippen LogP contribution in [-0.4, -0.2) is 36.0 Å². The van der Waals surface area contributed by atoms with E-state index in [2.05, 4.69) is 0 Å². The van der Waals surface area contributed by atoms with Crippen molar-refractivity contribution in [2.75, 3.05) is 6.61 Å². The van der Waals surface area contributed by atoms with Crippen LogP contribution in [0.25, 0.3) is 0 Å². The van der Waals surface area contributed by atoms with Crippen molar-refractivity contribution in [3.05, 3.63) is 29.3 Å². The lowest BCUT2D eigenvalue weighted by molar-refractivity contribution is -0.143. The standard InChI is InChI=1S/C18H27BO5/c1-7-22-16(21)11-14(13-9-8-12(2)10-15(13)20)19-23-17(3,4)18(5,6)24-19/h8-10,14,20H,7,11H2,1-6H3.